The maximum absolute atomic E-state index is 13.7. The summed E-state index contributed by atoms with van der Waals surface area (Å²) in [6, 6.07) is 21.3. The van der Waals surface area contributed by atoms with Gasteiger partial charge in [-0.15, -0.1) is 0 Å². The Morgan fingerprint density at radius 1 is 0.871 bits per heavy atom. The number of carbonyl (C=O) groups is 2. The third-order valence-electron chi connectivity index (χ3n) is 6.50. The quantitative estimate of drug-likeness (QED) is 0.283. The molecule has 2 unspecified atom stereocenters. The molecule has 0 aromatic heterocycles. The van der Waals surface area contributed by atoms with Crippen LogP contribution in [-0.4, -0.2) is 18.7 Å². The standard InChI is InChI=1S/C27H23NO3/c1-15-18-11-12-20-19-5-3-4-6-21(19)24(28)14-22(20)25(18)27(30)23(26(15)29)13-16-7-9-17(31-2)10-8-16/h3-12,14-15,23H,13,28H2,1-2H3. The molecule has 0 amide bonds. The van der Waals surface area contributed by atoms with Crippen molar-refractivity contribution in [2.45, 2.75) is 19.3 Å². The van der Waals surface area contributed by atoms with Crippen LogP contribution in [-0.2, 0) is 11.2 Å². The van der Waals surface area contributed by atoms with Crippen LogP contribution in [0.5, 0.6) is 5.75 Å². The Balaban J connectivity index is 1.67. The number of anilines is 1. The van der Waals surface area contributed by atoms with Crippen molar-refractivity contribution in [2.24, 2.45) is 5.92 Å². The van der Waals surface area contributed by atoms with Gasteiger partial charge in [0, 0.05) is 22.6 Å². The van der Waals surface area contributed by atoms with Gasteiger partial charge in [0.05, 0.1) is 13.0 Å². The van der Waals surface area contributed by atoms with Crippen LogP contribution in [0.25, 0.3) is 21.5 Å². The second-order valence-electron chi connectivity index (χ2n) is 8.23. The number of nitrogen functional groups attached to an aromatic ring is 1. The molecule has 1 aliphatic rings. The van der Waals surface area contributed by atoms with Gasteiger partial charge in [-0.3, -0.25) is 9.59 Å². The Labute approximate surface area is 180 Å². The topological polar surface area (TPSA) is 69.4 Å². The van der Waals surface area contributed by atoms with Crippen LogP contribution in [0.4, 0.5) is 5.69 Å². The minimum absolute atomic E-state index is 0.0265. The summed E-state index contributed by atoms with van der Waals surface area (Å²) >= 11 is 0. The molecular weight excluding hydrogens is 386 g/mol. The normalized spacial score (nSPS) is 18.4. The second-order valence-corrected chi connectivity index (χ2v) is 8.23. The average Bonchev–Trinajstić information content (AvgIpc) is 2.80. The molecular formula is C27H23NO3. The molecule has 0 saturated heterocycles. The van der Waals surface area contributed by atoms with Crippen LogP contribution in [0.2, 0.25) is 0 Å². The van der Waals surface area contributed by atoms with Crippen molar-refractivity contribution in [2.75, 3.05) is 12.8 Å². The highest BCUT2D eigenvalue weighted by Crippen LogP contribution is 2.40. The number of benzene rings is 4. The summed E-state index contributed by atoms with van der Waals surface area (Å²) in [5, 5.41) is 3.81. The smallest absolute Gasteiger partial charge is 0.174 e. The Kier molecular flexibility index (Phi) is 4.51. The highest BCUT2D eigenvalue weighted by atomic mass is 16.5. The zero-order chi connectivity index (χ0) is 21.7. The number of hydrogen-bond acceptors (Lipinski definition) is 4. The minimum atomic E-state index is -0.700. The van der Waals surface area contributed by atoms with E-state index in [1.54, 1.807) is 7.11 Å². The van der Waals surface area contributed by atoms with Crippen molar-refractivity contribution >= 4 is 38.8 Å². The molecule has 4 heteroatoms. The van der Waals surface area contributed by atoms with Crippen molar-refractivity contribution in [3.63, 3.8) is 0 Å². The molecule has 0 spiro atoms. The number of fused-ring (bicyclic) bond motifs is 5. The molecule has 154 valence electrons. The van der Waals surface area contributed by atoms with Gasteiger partial charge in [0.1, 0.15) is 5.75 Å². The lowest BCUT2D eigenvalue weighted by Crippen LogP contribution is -2.35. The predicted octanol–water partition coefficient (Wildman–Crippen LogP) is 5.31. The van der Waals surface area contributed by atoms with E-state index >= 15 is 0 Å². The third kappa shape index (κ3) is 2.98. The average molecular weight is 409 g/mol. The minimum Gasteiger partial charge on any atom is -0.497 e. The summed E-state index contributed by atoms with van der Waals surface area (Å²) in [5.41, 5.74) is 9.37. The van der Waals surface area contributed by atoms with E-state index in [0.717, 1.165) is 38.4 Å². The predicted molar refractivity (Wildman–Crippen MR) is 124 cm³/mol. The zero-order valence-electron chi connectivity index (χ0n) is 17.5. The van der Waals surface area contributed by atoms with Gasteiger partial charge < -0.3 is 10.5 Å². The molecule has 4 aromatic carbocycles. The van der Waals surface area contributed by atoms with E-state index in [0.29, 0.717) is 17.7 Å². The first-order valence-corrected chi connectivity index (χ1v) is 10.4. The Hall–Kier alpha value is -3.66. The first-order chi connectivity index (χ1) is 15.0. The van der Waals surface area contributed by atoms with E-state index in [1.165, 1.54) is 0 Å². The third-order valence-corrected chi connectivity index (χ3v) is 6.50. The van der Waals surface area contributed by atoms with E-state index in [1.807, 2.05) is 73.7 Å². The van der Waals surface area contributed by atoms with Gasteiger partial charge in [0.25, 0.3) is 0 Å². The fourth-order valence-electron chi connectivity index (χ4n) is 4.81. The lowest BCUT2D eigenvalue weighted by Gasteiger charge is -2.29. The fraction of sp³-hybridized carbons (Fsp3) is 0.185. The Bertz CT molecular complexity index is 1350. The molecule has 5 rings (SSSR count). The van der Waals surface area contributed by atoms with E-state index in [4.69, 9.17) is 10.5 Å². The first-order valence-electron chi connectivity index (χ1n) is 10.4. The van der Waals surface area contributed by atoms with Crippen molar-refractivity contribution in [1.82, 2.24) is 0 Å². The largest absolute Gasteiger partial charge is 0.497 e. The van der Waals surface area contributed by atoms with Gasteiger partial charge in [-0.1, -0.05) is 55.5 Å². The van der Waals surface area contributed by atoms with Crippen LogP contribution in [0.3, 0.4) is 0 Å². The van der Waals surface area contributed by atoms with Crippen LogP contribution in [0, 0.1) is 5.92 Å². The Morgan fingerprint density at radius 2 is 1.55 bits per heavy atom. The molecule has 2 N–H and O–H groups in total. The zero-order valence-corrected chi connectivity index (χ0v) is 17.5. The number of Topliss-reactive ketones (excluding diaryl/α,β-unsaturated/α-hetero) is 2. The molecule has 2 atom stereocenters. The van der Waals surface area contributed by atoms with Gasteiger partial charge >= 0.3 is 0 Å². The monoisotopic (exact) mass is 409 g/mol. The van der Waals surface area contributed by atoms with Crippen molar-refractivity contribution in [3.8, 4) is 5.75 Å². The molecule has 4 nitrogen and oxygen atoms in total. The lowest BCUT2D eigenvalue weighted by molar-refractivity contribution is -0.122. The summed E-state index contributed by atoms with van der Waals surface area (Å²) < 4.78 is 5.21. The molecule has 4 aromatic rings. The molecule has 1 aliphatic carbocycles. The number of hydrogen-bond donors (Lipinski definition) is 1. The molecule has 0 heterocycles. The van der Waals surface area contributed by atoms with Crippen LogP contribution < -0.4 is 10.5 Å². The van der Waals surface area contributed by atoms with Crippen molar-refractivity contribution < 1.29 is 14.3 Å². The van der Waals surface area contributed by atoms with Crippen LogP contribution >= 0.6 is 0 Å². The summed E-state index contributed by atoms with van der Waals surface area (Å²) in [6.45, 7) is 1.89. The van der Waals surface area contributed by atoms with Gasteiger partial charge in [-0.05, 0) is 51.9 Å². The number of carbonyl (C=O) groups excluding carboxylic acids is 2. The van der Waals surface area contributed by atoms with Crippen LogP contribution in [0.1, 0.15) is 34.3 Å². The molecule has 31 heavy (non-hydrogen) atoms. The molecule has 0 aliphatic heterocycles. The summed E-state index contributed by atoms with van der Waals surface area (Å²) in [5.74, 6) is -0.435. The maximum atomic E-state index is 13.7. The van der Waals surface area contributed by atoms with Gasteiger partial charge in [0.15, 0.2) is 11.6 Å². The molecule has 0 bridgehead atoms. The SMILES string of the molecule is COc1ccc(CC2C(=O)c3c(ccc4c3cc(N)c3ccccc34)C(C)C2=O)cc1. The van der Waals surface area contributed by atoms with E-state index in [-0.39, 0.29) is 17.5 Å². The molecule has 0 fully saturated rings. The van der Waals surface area contributed by atoms with E-state index < -0.39 is 5.92 Å². The number of rotatable bonds is 3. The first kappa shape index (κ1) is 19.3. The highest BCUT2D eigenvalue weighted by Gasteiger charge is 2.39. The fourth-order valence-corrected chi connectivity index (χ4v) is 4.81. The molecule has 0 saturated carbocycles. The van der Waals surface area contributed by atoms with Crippen LogP contribution in [0.15, 0.2) is 66.7 Å². The molecule has 0 radical (unpaired) electrons. The van der Waals surface area contributed by atoms with Gasteiger partial charge in [-0.2, -0.15) is 0 Å². The van der Waals surface area contributed by atoms with E-state index in [2.05, 4.69) is 0 Å². The summed E-state index contributed by atoms with van der Waals surface area (Å²) in [6.07, 6.45) is 0.380. The highest BCUT2D eigenvalue weighted by molar-refractivity contribution is 6.25. The van der Waals surface area contributed by atoms with Crippen molar-refractivity contribution in [1.29, 1.82) is 0 Å². The number of nitrogens with two attached hydrogens (primary N) is 1. The number of methoxy groups -OCH3 is 1. The maximum Gasteiger partial charge on any atom is 0.174 e. The summed E-state index contributed by atoms with van der Waals surface area (Å²) in [4.78, 5) is 26.8. The second kappa shape index (κ2) is 7.24. The number of ketones is 2. The lowest BCUT2D eigenvalue weighted by atomic mass is 9.72. The summed E-state index contributed by atoms with van der Waals surface area (Å²) in [7, 11) is 1.61. The van der Waals surface area contributed by atoms with Crippen molar-refractivity contribution in [3.05, 3.63) is 83.4 Å². The van der Waals surface area contributed by atoms with Gasteiger partial charge in [-0.25, -0.2) is 0 Å². The van der Waals surface area contributed by atoms with Gasteiger partial charge in [0.2, 0.25) is 0 Å². The Morgan fingerprint density at radius 3 is 2.26 bits per heavy atom. The number of ether oxygens (including phenoxy) is 1. The van der Waals surface area contributed by atoms with E-state index in [9.17, 15) is 9.59 Å².